The van der Waals surface area contributed by atoms with Crippen LogP contribution in [0.1, 0.15) is 30.7 Å². The summed E-state index contributed by atoms with van der Waals surface area (Å²) < 4.78 is 0. The summed E-state index contributed by atoms with van der Waals surface area (Å²) in [6, 6.07) is 17.5. The lowest BCUT2D eigenvalue weighted by molar-refractivity contribution is 0.438. The first-order valence-corrected chi connectivity index (χ1v) is 8.49. The van der Waals surface area contributed by atoms with E-state index in [-0.39, 0.29) is 22.4 Å². The number of fused-ring (bicyclic) bond motifs is 2. The largest absolute Gasteiger partial charge is 0.378 e. The van der Waals surface area contributed by atoms with E-state index in [1.807, 2.05) is 36.4 Å². The van der Waals surface area contributed by atoms with E-state index in [9.17, 15) is 10.1 Å². The van der Waals surface area contributed by atoms with Crippen LogP contribution < -0.4 is 10.9 Å². The smallest absolute Gasteiger partial charge is 0.275 e. The van der Waals surface area contributed by atoms with Crippen LogP contribution in [0.5, 0.6) is 0 Å². The van der Waals surface area contributed by atoms with Crippen LogP contribution in [0.2, 0.25) is 0 Å². The van der Waals surface area contributed by atoms with Gasteiger partial charge in [-0.05, 0) is 38.0 Å². The SMILES string of the molecule is CC1(C)Cc2ccccc2C(=C(C#N)c2nc3ccccc3[nH]c2=O)N1. The van der Waals surface area contributed by atoms with Crippen molar-refractivity contribution in [2.24, 2.45) is 0 Å². The molecule has 0 saturated heterocycles. The molecule has 5 heteroatoms. The molecule has 0 bridgehead atoms. The predicted octanol–water partition coefficient (Wildman–Crippen LogP) is 3.24. The average Bonchev–Trinajstić information content (AvgIpc) is 2.61. The van der Waals surface area contributed by atoms with Gasteiger partial charge in [0.2, 0.25) is 0 Å². The molecule has 0 aliphatic carbocycles. The van der Waals surface area contributed by atoms with Gasteiger partial charge >= 0.3 is 0 Å². The van der Waals surface area contributed by atoms with Crippen molar-refractivity contribution in [3.8, 4) is 6.07 Å². The predicted molar refractivity (Wildman–Crippen MR) is 102 cm³/mol. The molecule has 0 amide bonds. The number of nitrogens with zero attached hydrogens (tertiary/aromatic N) is 2. The van der Waals surface area contributed by atoms with E-state index in [1.54, 1.807) is 6.07 Å². The Morgan fingerprint density at radius 3 is 2.69 bits per heavy atom. The lowest BCUT2D eigenvalue weighted by atomic mass is 9.84. The Hall–Kier alpha value is -3.39. The minimum absolute atomic E-state index is 0.140. The Balaban J connectivity index is 2.02. The summed E-state index contributed by atoms with van der Waals surface area (Å²) in [5, 5.41) is 13.3. The first kappa shape index (κ1) is 16.1. The molecule has 2 N–H and O–H groups in total. The van der Waals surface area contributed by atoms with Crippen LogP contribution >= 0.6 is 0 Å². The Bertz CT molecular complexity index is 1150. The molecule has 0 unspecified atom stereocenters. The average molecular weight is 342 g/mol. The van der Waals surface area contributed by atoms with Crippen molar-refractivity contribution in [1.82, 2.24) is 15.3 Å². The highest BCUT2D eigenvalue weighted by Crippen LogP contribution is 2.33. The second-order valence-electron chi connectivity index (χ2n) is 7.14. The zero-order valence-electron chi connectivity index (χ0n) is 14.6. The zero-order chi connectivity index (χ0) is 18.3. The van der Waals surface area contributed by atoms with E-state index >= 15 is 0 Å². The number of aromatic nitrogens is 2. The molecule has 0 atom stereocenters. The van der Waals surface area contributed by atoms with Gasteiger partial charge in [0.25, 0.3) is 5.56 Å². The topological polar surface area (TPSA) is 81.6 Å². The van der Waals surface area contributed by atoms with Gasteiger partial charge in [-0.1, -0.05) is 36.4 Å². The molecular formula is C21H18N4O. The third-order valence-electron chi connectivity index (χ3n) is 4.58. The highest BCUT2D eigenvalue weighted by Gasteiger charge is 2.30. The second kappa shape index (κ2) is 5.85. The van der Waals surface area contributed by atoms with Crippen LogP contribution in [-0.2, 0) is 6.42 Å². The Kier molecular flexibility index (Phi) is 3.62. The molecule has 26 heavy (non-hydrogen) atoms. The molecule has 0 saturated carbocycles. The number of para-hydroxylation sites is 2. The third-order valence-corrected chi connectivity index (χ3v) is 4.58. The van der Waals surface area contributed by atoms with E-state index in [4.69, 9.17) is 0 Å². The van der Waals surface area contributed by atoms with Crippen molar-refractivity contribution < 1.29 is 0 Å². The normalized spacial score (nSPS) is 17.1. The first-order valence-electron chi connectivity index (χ1n) is 8.49. The summed E-state index contributed by atoms with van der Waals surface area (Å²) in [5.41, 5.74) is 3.87. The highest BCUT2D eigenvalue weighted by molar-refractivity contribution is 5.97. The number of aromatic amines is 1. The van der Waals surface area contributed by atoms with Crippen molar-refractivity contribution in [1.29, 1.82) is 5.26 Å². The Morgan fingerprint density at radius 1 is 1.15 bits per heavy atom. The minimum atomic E-state index is -0.365. The van der Waals surface area contributed by atoms with Crippen LogP contribution in [0.3, 0.4) is 0 Å². The molecule has 1 aliphatic rings. The fourth-order valence-electron chi connectivity index (χ4n) is 3.47. The summed E-state index contributed by atoms with van der Waals surface area (Å²) in [6.07, 6.45) is 0.840. The number of hydrogen-bond acceptors (Lipinski definition) is 4. The van der Waals surface area contributed by atoms with E-state index in [1.165, 1.54) is 0 Å². The van der Waals surface area contributed by atoms with Gasteiger partial charge in [0.05, 0.1) is 16.7 Å². The number of nitriles is 1. The lowest BCUT2D eigenvalue weighted by Gasteiger charge is -2.36. The molecule has 0 fully saturated rings. The van der Waals surface area contributed by atoms with Gasteiger partial charge in [0, 0.05) is 11.1 Å². The maximum atomic E-state index is 12.6. The number of rotatable bonds is 1. The maximum Gasteiger partial charge on any atom is 0.275 e. The quantitative estimate of drug-likeness (QED) is 0.665. The van der Waals surface area contributed by atoms with Gasteiger partial charge in [-0.25, -0.2) is 4.98 Å². The number of H-pyrrole nitrogens is 1. The molecule has 2 heterocycles. The van der Waals surface area contributed by atoms with E-state index in [0.717, 1.165) is 17.5 Å². The molecule has 3 aromatic rings. The number of allylic oxidation sites excluding steroid dienone is 1. The van der Waals surface area contributed by atoms with Crippen molar-refractivity contribution >= 4 is 22.3 Å². The third kappa shape index (κ3) is 2.66. The van der Waals surface area contributed by atoms with Gasteiger partial charge < -0.3 is 10.3 Å². The number of nitrogens with one attached hydrogen (secondary N) is 2. The summed E-state index contributed by atoms with van der Waals surface area (Å²) >= 11 is 0. The fourth-order valence-corrected chi connectivity index (χ4v) is 3.47. The summed E-state index contributed by atoms with van der Waals surface area (Å²) in [6.45, 7) is 4.16. The summed E-state index contributed by atoms with van der Waals surface area (Å²) in [7, 11) is 0. The van der Waals surface area contributed by atoms with Crippen molar-refractivity contribution in [2.45, 2.75) is 25.8 Å². The molecule has 0 spiro atoms. The zero-order valence-corrected chi connectivity index (χ0v) is 14.6. The van der Waals surface area contributed by atoms with Gasteiger partial charge in [0.15, 0.2) is 0 Å². The molecule has 128 valence electrons. The molecule has 1 aromatic heterocycles. The van der Waals surface area contributed by atoms with Crippen molar-refractivity contribution in [3.05, 3.63) is 75.7 Å². The van der Waals surface area contributed by atoms with Crippen LogP contribution in [0.15, 0.2) is 53.3 Å². The van der Waals surface area contributed by atoms with Gasteiger partial charge in [-0.2, -0.15) is 5.26 Å². The Morgan fingerprint density at radius 2 is 1.88 bits per heavy atom. The summed E-state index contributed by atoms with van der Waals surface area (Å²) in [4.78, 5) is 19.9. The van der Waals surface area contributed by atoms with Gasteiger partial charge in [0.1, 0.15) is 17.3 Å². The molecule has 0 radical (unpaired) electrons. The monoisotopic (exact) mass is 342 g/mol. The first-order chi connectivity index (χ1) is 12.5. The van der Waals surface area contributed by atoms with Crippen LogP contribution in [-0.4, -0.2) is 15.5 Å². The van der Waals surface area contributed by atoms with Crippen molar-refractivity contribution in [3.63, 3.8) is 0 Å². The highest BCUT2D eigenvalue weighted by atomic mass is 16.1. The second-order valence-corrected chi connectivity index (χ2v) is 7.14. The molecular weight excluding hydrogens is 324 g/mol. The number of hydrogen-bond donors (Lipinski definition) is 2. The van der Waals surface area contributed by atoms with Crippen LogP contribution in [0.4, 0.5) is 0 Å². The van der Waals surface area contributed by atoms with E-state index in [2.05, 4.69) is 41.3 Å². The fraction of sp³-hybridized carbons (Fsp3) is 0.190. The molecule has 2 aromatic carbocycles. The molecule has 4 rings (SSSR count). The Labute approximate surface area is 151 Å². The van der Waals surface area contributed by atoms with Gasteiger partial charge in [-0.3, -0.25) is 4.79 Å². The molecule has 1 aliphatic heterocycles. The van der Waals surface area contributed by atoms with Crippen LogP contribution in [0, 0.1) is 11.3 Å². The maximum absolute atomic E-state index is 12.6. The molecule has 5 nitrogen and oxygen atoms in total. The van der Waals surface area contributed by atoms with Gasteiger partial charge in [-0.15, -0.1) is 0 Å². The van der Waals surface area contributed by atoms with E-state index in [0.29, 0.717) is 16.7 Å². The standard InChI is InChI=1S/C21H18N4O/c1-21(2)11-13-7-3-4-8-14(13)18(25-21)15(12-22)19-20(26)24-17-10-6-5-9-16(17)23-19/h3-10,25H,11H2,1-2H3,(H,24,26). The van der Waals surface area contributed by atoms with E-state index < -0.39 is 0 Å². The number of benzene rings is 2. The minimum Gasteiger partial charge on any atom is -0.378 e. The summed E-state index contributed by atoms with van der Waals surface area (Å²) in [5.74, 6) is 0. The van der Waals surface area contributed by atoms with Crippen molar-refractivity contribution in [2.75, 3.05) is 0 Å². The van der Waals surface area contributed by atoms with Crippen LogP contribution in [0.25, 0.3) is 22.3 Å². The lowest BCUT2D eigenvalue weighted by Crippen LogP contribution is -2.44.